The SMILES string of the molecule is CNC1(CC(=O)N[C@H](CCC(N)=O)C(=O)O)CCCCC1. The molecule has 0 spiro atoms. The van der Waals surface area contributed by atoms with Gasteiger partial charge in [0.2, 0.25) is 11.8 Å². The molecule has 1 aliphatic rings. The van der Waals surface area contributed by atoms with Gasteiger partial charge in [0.25, 0.3) is 0 Å². The van der Waals surface area contributed by atoms with E-state index in [1.807, 2.05) is 7.05 Å². The predicted molar refractivity (Wildman–Crippen MR) is 77.5 cm³/mol. The maximum Gasteiger partial charge on any atom is 0.326 e. The van der Waals surface area contributed by atoms with Crippen LogP contribution in [0.5, 0.6) is 0 Å². The molecule has 5 N–H and O–H groups in total. The maximum atomic E-state index is 12.1. The molecule has 1 saturated carbocycles. The van der Waals surface area contributed by atoms with Crippen LogP contribution in [0, 0.1) is 0 Å². The molecule has 0 aliphatic heterocycles. The van der Waals surface area contributed by atoms with Crippen molar-refractivity contribution in [2.75, 3.05) is 7.05 Å². The molecule has 7 nitrogen and oxygen atoms in total. The van der Waals surface area contributed by atoms with E-state index in [2.05, 4.69) is 10.6 Å². The van der Waals surface area contributed by atoms with Gasteiger partial charge in [-0.15, -0.1) is 0 Å². The van der Waals surface area contributed by atoms with Crippen molar-refractivity contribution in [3.63, 3.8) is 0 Å². The highest BCUT2D eigenvalue weighted by Gasteiger charge is 2.33. The zero-order valence-electron chi connectivity index (χ0n) is 12.5. The van der Waals surface area contributed by atoms with Crippen molar-refractivity contribution >= 4 is 17.8 Å². The molecule has 0 saturated heterocycles. The molecule has 2 amide bonds. The van der Waals surface area contributed by atoms with E-state index in [-0.39, 0.29) is 30.7 Å². The molecule has 0 aromatic heterocycles. The highest BCUT2D eigenvalue weighted by Crippen LogP contribution is 2.30. The number of hydrogen-bond acceptors (Lipinski definition) is 4. The van der Waals surface area contributed by atoms with Crippen LogP contribution in [0.25, 0.3) is 0 Å². The summed E-state index contributed by atoms with van der Waals surface area (Å²) in [4.78, 5) is 33.9. The summed E-state index contributed by atoms with van der Waals surface area (Å²) in [6, 6.07) is -1.07. The van der Waals surface area contributed by atoms with Crippen LogP contribution < -0.4 is 16.4 Å². The molecule has 0 aromatic rings. The summed E-state index contributed by atoms with van der Waals surface area (Å²) >= 11 is 0. The molecule has 21 heavy (non-hydrogen) atoms. The van der Waals surface area contributed by atoms with E-state index in [1.165, 1.54) is 6.42 Å². The molecule has 1 rings (SSSR count). The van der Waals surface area contributed by atoms with Gasteiger partial charge in [0, 0.05) is 18.4 Å². The second-order valence-corrected chi connectivity index (χ2v) is 5.73. The summed E-state index contributed by atoms with van der Waals surface area (Å²) < 4.78 is 0. The van der Waals surface area contributed by atoms with Crippen molar-refractivity contribution in [2.24, 2.45) is 5.73 Å². The Morgan fingerprint density at radius 3 is 2.33 bits per heavy atom. The fourth-order valence-electron chi connectivity index (χ4n) is 2.84. The van der Waals surface area contributed by atoms with Gasteiger partial charge < -0.3 is 21.5 Å². The molecule has 1 atom stereocenters. The van der Waals surface area contributed by atoms with Gasteiger partial charge in [-0.05, 0) is 26.3 Å². The first-order chi connectivity index (χ1) is 9.88. The van der Waals surface area contributed by atoms with Crippen molar-refractivity contribution < 1.29 is 19.5 Å². The summed E-state index contributed by atoms with van der Waals surface area (Å²) in [5.41, 5.74) is 4.77. The first-order valence-electron chi connectivity index (χ1n) is 7.38. The number of hydrogen-bond donors (Lipinski definition) is 4. The lowest BCUT2D eigenvalue weighted by Crippen LogP contribution is -2.50. The van der Waals surface area contributed by atoms with Crippen molar-refractivity contribution in [1.29, 1.82) is 0 Å². The molecule has 7 heteroatoms. The first-order valence-corrected chi connectivity index (χ1v) is 7.38. The van der Waals surface area contributed by atoms with E-state index in [0.29, 0.717) is 0 Å². The van der Waals surface area contributed by atoms with Crippen LogP contribution in [0.15, 0.2) is 0 Å². The zero-order chi connectivity index (χ0) is 15.9. The van der Waals surface area contributed by atoms with Crippen LogP contribution in [0.1, 0.15) is 51.4 Å². The third-order valence-electron chi connectivity index (χ3n) is 4.15. The fraction of sp³-hybridized carbons (Fsp3) is 0.786. The molecule has 1 aliphatic carbocycles. The van der Waals surface area contributed by atoms with Crippen LogP contribution >= 0.6 is 0 Å². The first kappa shape index (κ1) is 17.4. The number of carbonyl (C=O) groups excluding carboxylic acids is 2. The van der Waals surface area contributed by atoms with Crippen LogP contribution in [0.3, 0.4) is 0 Å². The molecule has 0 unspecified atom stereocenters. The third kappa shape index (κ3) is 5.71. The summed E-state index contributed by atoms with van der Waals surface area (Å²) in [5, 5.41) is 14.8. The maximum absolute atomic E-state index is 12.1. The van der Waals surface area contributed by atoms with E-state index in [1.54, 1.807) is 0 Å². The average molecular weight is 299 g/mol. The minimum absolute atomic E-state index is 0.0168. The Balaban J connectivity index is 2.56. The van der Waals surface area contributed by atoms with Crippen LogP contribution in [0.4, 0.5) is 0 Å². The molecule has 0 heterocycles. The number of carboxylic acid groups (broad SMARTS) is 1. The number of carboxylic acids is 1. The van der Waals surface area contributed by atoms with Gasteiger partial charge in [-0.2, -0.15) is 0 Å². The van der Waals surface area contributed by atoms with Gasteiger partial charge in [-0.1, -0.05) is 19.3 Å². The quantitative estimate of drug-likeness (QED) is 0.507. The standard InChI is InChI=1S/C14H25N3O4/c1-16-14(7-3-2-4-8-14)9-12(19)17-10(13(20)21)5-6-11(15)18/h10,16H,2-9H2,1H3,(H2,15,18)(H,17,19)(H,20,21)/t10-/m1/s1. The number of nitrogens with two attached hydrogens (primary N) is 1. The molecular weight excluding hydrogens is 274 g/mol. The van der Waals surface area contributed by atoms with E-state index in [0.717, 1.165) is 25.7 Å². The summed E-state index contributed by atoms with van der Waals surface area (Å²) in [5.74, 6) is -2.02. The monoisotopic (exact) mass is 299 g/mol. The van der Waals surface area contributed by atoms with Crippen LogP contribution in [0.2, 0.25) is 0 Å². The number of carbonyl (C=O) groups is 3. The topological polar surface area (TPSA) is 122 Å². The van der Waals surface area contributed by atoms with Gasteiger partial charge in [0.15, 0.2) is 0 Å². The number of nitrogens with one attached hydrogen (secondary N) is 2. The molecule has 0 aromatic carbocycles. The van der Waals surface area contributed by atoms with Gasteiger partial charge in [-0.3, -0.25) is 9.59 Å². The second kappa shape index (κ2) is 7.97. The molecule has 120 valence electrons. The third-order valence-corrected chi connectivity index (χ3v) is 4.15. The van der Waals surface area contributed by atoms with Crippen LogP contribution in [-0.2, 0) is 14.4 Å². The molecule has 0 bridgehead atoms. The van der Waals surface area contributed by atoms with E-state index in [9.17, 15) is 14.4 Å². The molecular formula is C14H25N3O4. The molecule has 0 radical (unpaired) electrons. The lowest BCUT2D eigenvalue weighted by atomic mass is 9.79. The Hall–Kier alpha value is -1.63. The fourth-order valence-corrected chi connectivity index (χ4v) is 2.84. The predicted octanol–water partition coefficient (Wildman–Crippen LogP) is 0.134. The highest BCUT2D eigenvalue weighted by molar-refractivity contribution is 5.84. The minimum atomic E-state index is -1.15. The van der Waals surface area contributed by atoms with Gasteiger partial charge in [-0.25, -0.2) is 4.79 Å². The normalized spacial score (nSPS) is 18.7. The average Bonchev–Trinajstić information content (AvgIpc) is 2.43. The Morgan fingerprint density at radius 1 is 1.24 bits per heavy atom. The largest absolute Gasteiger partial charge is 0.480 e. The number of amides is 2. The molecule has 1 fully saturated rings. The Kier molecular flexibility index (Phi) is 6.61. The Labute approximate surface area is 124 Å². The summed E-state index contributed by atoms with van der Waals surface area (Å²) in [7, 11) is 1.83. The van der Waals surface area contributed by atoms with E-state index >= 15 is 0 Å². The number of primary amides is 1. The van der Waals surface area contributed by atoms with Crippen molar-refractivity contribution in [3.8, 4) is 0 Å². The Morgan fingerprint density at radius 2 is 1.86 bits per heavy atom. The van der Waals surface area contributed by atoms with Crippen LogP contribution in [-0.4, -0.2) is 41.5 Å². The second-order valence-electron chi connectivity index (χ2n) is 5.73. The lowest BCUT2D eigenvalue weighted by Gasteiger charge is -2.36. The Bertz CT molecular complexity index is 392. The van der Waals surface area contributed by atoms with Crippen molar-refractivity contribution in [2.45, 2.75) is 62.9 Å². The van der Waals surface area contributed by atoms with Crippen molar-refractivity contribution in [1.82, 2.24) is 10.6 Å². The van der Waals surface area contributed by atoms with Gasteiger partial charge in [0.05, 0.1) is 0 Å². The van der Waals surface area contributed by atoms with Gasteiger partial charge in [0.1, 0.15) is 6.04 Å². The van der Waals surface area contributed by atoms with Gasteiger partial charge >= 0.3 is 5.97 Å². The minimum Gasteiger partial charge on any atom is -0.480 e. The van der Waals surface area contributed by atoms with E-state index in [4.69, 9.17) is 10.8 Å². The summed E-state index contributed by atoms with van der Waals surface area (Å²) in [6.07, 6.45) is 5.34. The highest BCUT2D eigenvalue weighted by atomic mass is 16.4. The smallest absolute Gasteiger partial charge is 0.326 e. The summed E-state index contributed by atoms with van der Waals surface area (Å²) in [6.45, 7) is 0. The number of rotatable bonds is 8. The van der Waals surface area contributed by atoms with Crippen molar-refractivity contribution in [3.05, 3.63) is 0 Å². The lowest BCUT2D eigenvalue weighted by molar-refractivity contribution is -0.142. The zero-order valence-corrected chi connectivity index (χ0v) is 12.5. The van der Waals surface area contributed by atoms with E-state index < -0.39 is 17.9 Å². The number of aliphatic carboxylic acids is 1.